The summed E-state index contributed by atoms with van der Waals surface area (Å²) in [5.74, 6) is 1.74. The van der Waals surface area contributed by atoms with Crippen molar-refractivity contribution >= 4 is 26.7 Å². The van der Waals surface area contributed by atoms with Gasteiger partial charge >= 0.3 is 0 Å². The molecule has 2 aliphatic heterocycles. The van der Waals surface area contributed by atoms with Crippen LogP contribution < -0.4 is 18.5 Å². The normalized spacial score (nSPS) is 16.9. The SMILES string of the molecule is COc1ccc(CN(c2ncns2)S(=O)(=O)c2ccc3c(c2)OCC[C@H]3N2CCc3ccccc3C2)c(OC)c1. The van der Waals surface area contributed by atoms with Crippen LogP contribution in [0.15, 0.2) is 71.9 Å². The van der Waals surface area contributed by atoms with Crippen LogP contribution >= 0.6 is 11.5 Å². The molecule has 2 aliphatic rings. The molecule has 4 aromatic rings. The van der Waals surface area contributed by atoms with Gasteiger partial charge in [0.1, 0.15) is 23.6 Å². The van der Waals surface area contributed by atoms with Crippen LogP contribution in [0.5, 0.6) is 17.2 Å². The number of hydrogen-bond donors (Lipinski definition) is 0. The number of fused-ring (bicyclic) bond motifs is 2. The van der Waals surface area contributed by atoms with Gasteiger partial charge in [-0.2, -0.15) is 4.37 Å². The van der Waals surface area contributed by atoms with E-state index in [1.54, 1.807) is 44.6 Å². The summed E-state index contributed by atoms with van der Waals surface area (Å²) in [7, 11) is -0.907. The van der Waals surface area contributed by atoms with Crippen molar-refractivity contribution in [1.82, 2.24) is 14.3 Å². The van der Waals surface area contributed by atoms with Gasteiger partial charge in [0, 0.05) is 60.3 Å². The highest BCUT2D eigenvalue weighted by molar-refractivity contribution is 7.93. The molecule has 9 nitrogen and oxygen atoms in total. The maximum atomic E-state index is 14.1. The average Bonchev–Trinajstić information content (AvgIpc) is 3.53. The Bertz CT molecular complexity index is 1610. The van der Waals surface area contributed by atoms with Crippen LogP contribution in [-0.2, 0) is 29.5 Å². The third-order valence-corrected chi connectivity index (χ3v) is 10.1. The van der Waals surface area contributed by atoms with E-state index in [-0.39, 0.29) is 22.6 Å². The molecule has 3 heterocycles. The zero-order valence-electron chi connectivity index (χ0n) is 22.3. The maximum Gasteiger partial charge on any atom is 0.266 e. The second-order valence-electron chi connectivity index (χ2n) is 9.76. The Balaban J connectivity index is 1.32. The van der Waals surface area contributed by atoms with Gasteiger partial charge in [-0.15, -0.1) is 0 Å². The fourth-order valence-electron chi connectivity index (χ4n) is 5.47. The van der Waals surface area contributed by atoms with E-state index in [9.17, 15) is 8.42 Å². The van der Waals surface area contributed by atoms with Crippen LogP contribution in [-0.4, -0.2) is 50.0 Å². The first-order valence-electron chi connectivity index (χ1n) is 13.1. The summed E-state index contributed by atoms with van der Waals surface area (Å²) in [6.45, 7) is 2.37. The molecule has 1 atom stereocenters. The molecule has 0 N–H and O–H groups in total. The molecule has 40 heavy (non-hydrogen) atoms. The Labute approximate surface area is 238 Å². The van der Waals surface area contributed by atoms with Crippen molar-refractivity contribution in [2.45, 2.75) is 36.9 Å². The van der Waals surface area contributed by atoms with Crippen LogP contribution in [0, 0.1) is 0 Å². The number of hydrogen-bond acceptors (Lipinski definition) is 9. The van der Waals surface area contributed by atoms with Gasteiger partial charge in [0.25, 0.3) is 10.0 Å². The molecule has 0 saturated heterocycles. The summed E-state index contributed by atoms with van der Waals surface area (Å²) in [6, 6.07) is 19.2. The number of aromatic nitrogens is 2. The van der Waals surface area contributed by atoms with Crippen molar-refractivity contribution < 1.29 is 22.6 Å². The number of methoxy groups -OCH3 is 2. The van der Waals surface area contributed by atoms with Gasteiger partial charge in [-0.3, -0.25) is 4.90 Å². The predicted molar refractivity (Wildman–Crippen MR) is 153 cm³/mol. The lowest BCUT2D eigenvalue weighted by Crippen LogP contribution is -2.36. The number of rotatable bonds is 8. The molecule has 0 saturated carbocycles. The molecule has 0 radical (unpaired) electrons. The first-order valence-corrected chi connectivity index (χ1v) is 15.3. The lowest BCUT2D eigenvalue weighted by Gasteiger charge is -2.38. The molecule has 6 rings (SSSR count). The van der Waals surface area contributed by atoms with Crippen molar-refractivity contribution in [3.63, 3.8) is 0 Å². The van der Waals surface area contributed by atoms with E-state index in [0.717, 1.165) is 43.0 Å². The van der Waals surface area contributed by atoms with Crippen molar-refractivity contribution in [3.05, 3.63) is 89.2 Å². The van der Waals surface area contributed by atoms with Gasteiger partial charge in [0.05, 0.1) is 32.3 Å². The monoisotopic (exact) mass is 578 g/mol. The van der Waals surface area contributed by atoms with Crippen LogP contribution in [0.2, 0.25) is 0 Å². The Morgan fingerprint density at radius 3 is 2.70 bits per heavy atom. The third kappa shape index (κ3) is 5.00. The standard InChI is InChI=1S/C29H30N4O5S2/c1-36-23-8-7-22(27(15-23)37-2)18-33(29-30-19-31-39-29)40(34,35)24-9-10-25-26(12-14-38-28(25)16-24)32-13-11-20-5-3-4-6-21(20)17-32/h3-10,15-16,19,26H,11-14,17-18H2,1-2H3/t26-/m1/s1. The van der Waals surface area contributed by atoms with Gasteiger partial charge in [-0.05, 0) is 35.7 Å². The van der Waals surface area contributed by atoms with Crippen LogP contribution in [0.1, 0.15) is 34.7 Å². The molecule has 0 fully saturated rings. The average molecular weight is 579 g/mol. The summed E-state index contributed by atoms with van der Waals surface area (Å²) >= 11 is 1.02. The van der Waals surface area contributed by atoms with Crippen molar-refractivity contribution in [2.75, 3.05) is 31.7 Å². The molecule has 0 amide bonds. The van der Waals surface area contributed by atoms with Gasteiger partial charge in [-0.1, -0.05) is 30.3 Å². The number of anilines is 1. The van der Waals surface area contributed by atoms with Crippen molar-refractivity contribution in [1.29, 1.82) is 0 Å². The Hall–Kier alpha value is -3.67. The Morgan fingerprint density at radius 1 is 1.07 bits per heavy atom. The minimum Gasteiger partial charge on any atom is -0.497 e. The molecule has 11 heteroatoms. The molecule has 3 aromatic carbocycles. The number of sulfonamides is 1. The summed E-state index contributed by atoms with van der Waals surface area (Å²) in [4.78, 5) is 6.83. The fourth-order valence-corrected chi connectivity index (χ4v) is 7.62. The third-order valence-electron chi connectivity index (χ3n) is 7.55. The topological polar surface area (TPSA) is 94.1 Å². The van der Waals surface area contributed by atoms with Gasteiger partial charge in [0.15, 0.2) is 0 Å². The van der Waals surface area contributed by atoms with Crippen LogP contribution in [0.25, 0.3) is 0 Å². The first kappa shape index (κ1) is 26.5. The van der Waals surface area contributed by atoms with E-state index in [1.165, 1.54) is 21.8 Å². The van der Waals surface area contributed by atoms with E-state index >= 15 is 0 Å². The first-order chi connectivity index (χ1) is 19.5. The summed E-state index contributed by atoms with van der Waals surface area (Å²) < 4.78 is 50.4. The molecule has 1 aromatic heterocycles. The molecule has 0 aliphatic carbocycles. The number of ether oxygens (including phenoxy) is 3. The minimum absolute atomic E-state index is 0.0123. The zero-order chi connectivity index (χ0) is 27.7. The quantitative estimate of drug-likeness (QED) is 0.294. The lowest BCUT2D eigenvalue weighted by molar-refractivity contribution is 0.127. The highest BCUT2D eigenvalue weighted by atomic mass is 32.2. The minimum atomic E-state index is -4.02. The Morgan fingerprint density at radius 2 is 1.93 bits per heavy atom. The van der Waals surface area contributed by atoms with E-state index in [2.05, 4.69) is 38.5 Å². The summed E-state index contributed by atoms with van der Waals surface area (Å²) in [5, 5.41) is 0.265. The molecule has 0 unspecified atom stereocenters. The van der Waals surface area contributed by atoms with Crippen LogP contribution in [0.3, 0.4) is 0 Å². The number of nitrogens with zero attached hydrogens (tertiary/aromatic N) is 4. The molecule has 208 valence electrons. The molecule has 0 bridgehead atoms. The van der Waals surface area contributed by atoms with Crippen LogP contribution in [0.4, 0.5) is 5.13 Å². The van der Waals surface area contributed by atoms with Gasteiger partial charge < -0.3 is 14.2 Å². The van der Waals surface area contributed by atoms with Crippen molar-refractivity contribution in [2.24, 2.45) is 0 Å². The van der Waals surface area contributed by atoms with Crippen molar-refractivity contribution in [3.8, 4) is 17.2 Å². The predicted octanol–water partition coefficient (Wildman–Crippen LogP) is 4.83. The second-order valence-corrected chi connectivity index (χ2v) is 12.4. The smallest absolute Gasteiger partial charge is 0.266 e. The highest BCUT2D eigenvalue weighted by Gasteiger charge is 2.33. The zero-order valence-corrected chi connectivity index (χ0v) is 24.0. The summed E-state index contributed by atoms with van der Waals surface area (Å²) in [5.41, 5.74) is 4.44. The molecular weight excluding hydrogens is 548 g/mol. The highest BCUT2D eigenvalue weighted by Crippen LogP contribution is 2.40. The van der Waals surface area contributed by atoms with E-state index in [1.807, 2.05) is 6.07 Å². The number of benzene rings is 3. The molecule has 0 spiro atoms. The second kappa shape index (κ2) is 11.1. The van der Waals surface area contributed by atoms with E-state index in [0.29, 0.717) is 29.4 Å². The van der Waals surface area contributed by atoms with Gasteiger partial charge in [-0.25, -0.2) is 17.7 Å². The fraction of sp³-hybridized carbons (Fsp3) is 0.310. The van der Waals surface area contributed by atoms with E-state index < -0.39 is 10.0 Å². The van der Waals surface area contributed by atoms with Gasteiger partial charge in [0.2, 0.25) is 5.13 Å². The molecular formula is C29H30N4O5S2. The maximum absolute atomic E-state index is 14.1. The largest absolute Gasteiger partial charge is 0.497 e. The van der Waals surface area contributed by atoms with E-state index in [4.69, 9.17) is 14.2 Å². The summed E-state index contributed by atoms with van der Waals surface area (Å²) in [6.07, 6.45) is 3.21. The Kier molecular flexibility index (Phi) is 7.35. The lowest BCUT2D eigenvalue weighted by atomic mass is 9.94.